The van der Waals surface area contributed by atoms with Gasteiger partial charge in [-0.05, 0) is 31.0 Å². The molecule has 4 nitrogen and oxygen atoms in total. The first-order valence-electron chi connectivity index (χ1n) is 5.82. The van der Waals surface area contributed by atoms with E-state index in [-0.39, 0.29) is 6.61 Å². The van der Waals surface area contributed by atoms with Crippen molar-refractivity contribution in [1.82, 2.24) is 0 Å². The number of halogens is 1. The van der Waals surface area contributed by atoms with Crippen LogP contribution in [-0.4, -0.2) is 30.9 Å². The standard InChI is InChI=1S/C13H15BrO4/c14-10-2-1-3-11(8-10)18-7-5-13(12(15)16)4-6-17-9-13/h1-3,8H,4-7,9H2,(H,15,16). The van der Waals surface area contributed by atoms with Crippen molar-refractivity contribution in [3.63, 3.8) is 0 Å². The lowest BCUT2D eigenvalue weighted by Gasteiger charge is -2.21. The molecule has 1 aliphatic heterocycles. The van der Waals surface area contributed by atoms with Crippen molar-refractivity contribution in [2.24, 2.45) is 5.41 Å². The molecular weight excluding hydrogens is 300 g/mol. The lowest BCUT2D eigenvalue weighted by atomic mass is 9.84. The first-order valence-corrected chi connectivity index (χ1v) is 6.61. The van der Waals surface area contributed by atoms with Crippen molar-refractivity contribution in [3.8, 4) is 5.75 Å². The van der Waals surface area contributed by atoms with Crippen molar-refractivity contribution in [2.45, 2.75) is 12.8 Å². The lowest BCUT2D eigenvalue weighted by molar-refractivity contribution is -0.149. The van der Waals surface area contributed by atoms with Gasteiger partial charge < -0.3 is 14.6 Å². The molecule has 0 aliphatic carbocycles. The number of hydrogen-bond donors (Lipinski definition) is 1. The van der Waals surface area contributed by atoms with Crippen LogP contribution in [0.3, 0.4) is 0 Å². The first-order chi connectivity index (χ1) is 8.62. The molecule has 1 aliphatic rings. The molecule has 1 atom stereocenters. The van der Waals surface area contributed by atoms with Crippen LogP contribution >= 0.6 is 15.9 Å². The van der Waals surface area contributed by atoms with E-state index in [0.29, 0.717) is 26.1 Å². The fourth-order valence-corrected chi connectivity index (χ4v) is 2.38. The number of rotatable bonds is 5. The maximum Gasteiger partial charge on any atom is 0.312 e. The van der Waals surface area contributed by atoms with Gasteiger partial charge in [0.15, 0.2) is 0 Å². The van der Waals surface area contributed by atoms with E-state index in [4.69, 9.17) is 9.47 Å². The molecule has 0 amide bonds. The number of aliphatic carboxylic acids is 1. The maximum atomic E-state index is 11.3. The molecule has 0 bridgehead atoms. The van der Waals surface area contributed by atoms with Gasteiger partial charge in [-0.1, -0.05) is 22.0 Å². The van der Waals surface area contributed by atoms with E-state index in [1.165, 1.54) is 0 Å². The maximum absolute atomic E-state index is 11.3. The number of hydrogen-bond acceptors (Lipinski definition) is 3. The molecule has 5 heteroatoms. The van der Waals surface area contributed by atoms with Gasteiger partial charge in [-0.15, -0.1) is 0 Å². The summed E-state index contributed by atoms with van der Waals surface area (Å²) in [4.78, 5) is 11.3. The minimum Gasteiger partial charge on any atom is -0.494 e. The molecular formula is C13H15BrO4. The smallest absolute Gasteiger partial charge is 0.312 e. The zero-order valence-electron chi connectivity index (χ0n) is 9.89. The minimum atomic E-state index is -0.794. The molecule has 1 heterocycles. The van der Waals surface area contributed by atoms with Gasteiger partial charge in [-0.25, -0.2) is 0 Å². The van der Waals surface area contributed by atoms with Crippen LogP contribution in [-0.2, 0) is 9.53 Å². The molecule has 1 unspecified atom stereocenters. The largest absolute Gasteiger partial charge is 0.494 e. The zero-order valence-corrected chi connectivity index (χ0v) is 11.5. The van der Waals surface area contributed by atoms with E-state index >= 15 is 0 Å². The molecule has 1 N–H and O–H groups in total. The van der Waals surface area contributed by atoms with Gasteiger partial charge in [0.25, 0.3) is 0 Å². The Morgan fingerprint density at radius 1 is 1.56 bits per heavy atom. The predicted octanol–water partition coefficient (Wildman–Crippen LogP) is 2.71. The second-order valence-electron chi connectivity index (χ2n) is 4.44. The van der Waals surface area contributed by atoms with Gasteiger partial charge >= 0.3 is 5.97 Å². The Kier molecular flexibility index (Phi) is 4.24. The third-order valence-electron chi connectivity index (χ3n) is 3.20. The molecule has 0 spiro atoms. The summed E-state index contributed by atoms with van der Waals surface area (Å²) in [6.07, 6.45) is 1.03. The summed E-state index contributed by atoms with van der Waals surface area (Å²) in [5, 5.41) is 9.26. The van der Waals surface area contributed by atoms with E-state index in [2.05, 4.69) is 15.9 Å². The quantitative estimate of drug-likeness (QED) is 0.908. The van der Waals surface area contributed by atoms with E-state index in [0.717, 1.165) is 10.2 Å². The highest BCUT2D eigenvalue weighted by Gasteiger charge is 2.42. The SMILES string of the molecule is O=C(O)C1(CCOc2cccc(Br)c2)CCOC1. The van der Waals surface area contributed by atoms with Gasteiger partial charge in [0, 0.05) is 11.1 Å². The third-order valence-corrected chi connectivity index (χ3v) is 3.70. The monoisotopic (exact) mass is 314 g/mol. The number of ether oxygens (including phenoxy) is 2. The molecule has 2 rings (SSSR count). The zero-order chi connectivity index (χ0) is 13.0. The summed E-state index contributed by atoms with van der Waals surface area (Å²) in [5.74, 6) is -0.0540. The average Bonchev–Trinajstić information content (AvgIpc) is 2.79. The molecule has 18 heavy (non-hydrogen) atoms. The van der Waals surface area contributed by atoms with Crippen LogP contribution in [0.15, 0.2) is 28.7 Å². The first kappa shape index (κ1) is 13.4. The fourth-order valence-electron chi connectivity index (χ4n) is 2.00. The third kappa shape index (κ3) is 3.03. The van der Waals surface area contributed by atoms with Gasteiger partial charge in [-0.3, -0.25) is 4.79 Å². The van der Waals surface area contributed by atoms with Crippen LogP contribution in [0.4, 0.5) is 0 Å². The van der Waals surface area contributed by atoms with Crippen LogP contribution in [0.5, 0.6) is 5.75 Å². The van der Waals surface area contributed by atoms with E-state index in [1.54, 1.807) is 0 Å². The Morgan fingerprint density at radius 2 is 2.39 bits per heavy atom. The average molecular weight is 315 g/mol. The van der Waals surface area contributed by atoms with Crippen molar-refractivity contribution < 1.29 is 19.4 Å². The van der Waals surface area contributed by atoms with Crippen molar-refractivity contribution in [2.75, 3.05) is 19.8 Å². The summed E-state index contributed by atoms with van der Waals surface area (Å²) in [6.45, 7) is 1.18. The minimum absolute atomic E-state index is 0.282. The Bertz CT molecular complexity index is 427. The molecule has 1 saturated heterocycles. The van der Waals surface area contributed by atoms with Gasteiger partial charge in [0.05, 0.1) is 18.6 Å². The van der Waals surface area contributed by atoms with Crippen LogP contribution < -0.4 is 4.74 Å². The normalized spacial score (nSPS) is 22.9. The lowest BCUT2D eigenvalue weighted by Crippen LogP contribution is -2.33. The molecule has 0 saturated carbocycles. The highest BCUT2D eigenvalue weighted by molar-refractivity contribution is 9.10. The topological polar surface area (TPSA) is 55.8 Å². The van der Waals surface area contributed by atoms with Crippen molar-refractivity contribution >= 4 is 21.9 Å². The second-order valence-corrected chi connectivity index (χ2v) is 5.36. The molecule has 98 valence electrons. The van der Waals surface area contributed by atoms with Crippen LogP contribution in [0, 0.1) is 5.41 Å². The van der Waals surface area contributed by atoms with Crippen LogP contribution in [0.1, 0.15) is 12.8 Å². The molecule has 1 aromatic carbocycles. The van der Waals surface area contributed by atoms with Crippen molar-refractivity contribution in [3.05, 3.63) is 28.7 Å². The highest BCUT2D eigenvalue weighted by atomic mass is 79.9. The van der Waals surface area contributed by atoms with E-state index in [9.17, 15) is 9.90 Å². The Hall–Kier alpha value is -1.07. The number of carboxylic acid groups (broad SMARTS) is 1. The molecule has 1 aromatic rings. The van der Waals surface area contributed by atoms with Gasteiger partial charge in [0.1, 0.15) is 5.75 Å². The fraction of sp³-hybridized carbons (Fsp3) is 0.462. The number of benzene rings is 1. The predicted molar refractivity (Wildman–Crippen MR) is 69.8 cm³/mol. The van der Waals surface area contributed by atoms with E-state index < -0.39 is 11.4 Å². The van der Waals surface area contributed by atoms with Gasteiger partial charge in [-0.2, -0.15) is 0 Å². The Morgan fingerprint density at radius 3 is 3.00 bits per heavy atom. The van der Waals surface area contributed by atoms with Gasteiger partial charge in [0.2, 0.25) is 0 Å². The molecule has 1 fully saturated rings. The summed E-state index contributed by atoms with van der Waals surface area (Å²) in [5.41, 5.74) is -0.772. The van der Waals surface area contributed by atoms with Crippen LogP contribution in [0.25, 0.3) is 0 Å². The molecule has 0 aromatic heterocycles. The summed E-state index contributed by atoms with van der Waals surface area (Å²) >= 11 is 3.36. The number of carboxylic acids is 1. The van der Waals surface area contributed by atoms with Crippen molar-refractivity contribution in [1.29, 1.82) is 0 Å². The van der Waals surface area contributed by atoms with E-state index in [1.807, 2.05) is 24.3 Å². The Labute approximate surface area is 114 Å². The molecule has 0 radical (unpaired) electrons. The second kappa shape index (κ2) is 5.71. The summed E-state index contributed by atoms with van der Waals surface area (Å²) in [6, 6.07) is 7.50. The summed E-state index contributed by atoms with van der Waals surface area (Å²) in [7, 11) is 0. The number of carbonyl (C=O) groups is 1. The Balaban J connectivity index is 1.89. The summed E-state index contributed by atoms with van der Waals surface area (Å²) < 4.78 is 11.7. The van der Waals surface area contributed by atoms with Crippen LogP contribution in [0.2, 0.25) is 0 Å². The highest BCUT2D eigenvalue weighted by Crippen LogP contribution is 2.33.